The van der Waals surface area contributed by atoms with E-state index < -0.39 is 28.1 Å². The van der Waals surface area contributed by atoms with Gasteiger partial charge in [-0.3, -0.25) is 4.79 Å². The lowest BCUT2D eigenvalue weighted by atomic mass is 10.0. The largest absolute Gasteiger partial charge is 0.431 e. The molecule has 9 nitrogen and oxygen atoms in total. The Bertz CT molecular complexity index is 1180. The first-order chi connectivity index (χ1) is 16.2. The molecule has 0 aliphatic heterocycles. The van der Waals surface area contributed by atoms with Gasteiger partial charge in [0, 0.05) is 13.1 Å². The van der Waals surface area contributed by atoms with Crippen LogP contribution in [0.1, 0.15) is 34.1 Å². The SMILES string of the molecule is CCc1cccc(CNC[C@@H](O)[C@H](Cc2ccccc2)NC(=O)c2coc(NS(C)(=O)=O)n2)c1. The molecule has 0 saturated heterocycles. The van der Waals surface area contributed by atoms with E-state index in [0.29, 0.717) is 13.0 Å². The Morgan fingerprint density at radius 1 is 1.09 bits per heavy atom. The van der Waals surface area contributed by atoms with E-state index >= 15 is 0 Å². The fourth-order valence-electron chi connectivity index (χ4n) is 3.44. The number of nitrogens with zero attached hydrogens (tertiary/aromatic N) is 1. The molecule has 34 heavy (non-hydrogen) atoms. The van der Waals surface area contributed by atoms with E-state index in [9.17, 15) is 18.3 Å². The summed E-state index contributed by atoms with van der Waals surface area (Å²) in [5.41, 5.74) is 3.21. The normalized spacial score (nSPS) is 13.3. The molecule has 0 fully saturated rings. The highest BCUT2D eigenvalue weighted by molar-refractivity contribution is 7.91. The zero-order valence-corrected chi connectivity index (χ0v) is 20.0. The molecule has 182 valence electrons. The van der Waals surface area contributed by atoms with E-state index in [-0.39, 0.29) is 18.3 Å². The number of sulfonamides is 1. The van der Waals surface area contributed by atoms with Crippen molar-refractivity contribution in [3.63, 3.8) is 0 Å². The van der Waals surface area contributed by atoms with Gasteiger partial charge in [0.2, 0.25) is 10.0 Å². The molecule has 10 heteroatoms. The number of aryl methyl sites for hydroxylation is 1. The number of rotatable bonds is 12. The Balaban J connectivity index is 1.65. The minimum absolute atomic E-state index is 0.0965. The van der Waals surface area contributed by atoms with E-state index in [1.165, 1.54) is 5.56 Å². The number of aliphatic hydroxyl groups excluding tert-OH is 1. The van der Waals surface area contributed by atoms with Gasteiger partial charge in [-0.1, -0.05) is 61.5 Å². The fraction of sp³-hybridized carbons (Fsp3) is 0.333. The second-order valence-corrected chi connectivity index (χ2v) is 9.80. The van der Waals surface area contributed by atoms with Crippen LogP contribution in [-0.2, 0) is 29.4 Å². The average molecular weight is 487 g/mol. The van der Waals surface area contributed by atoms with Crippen LogP contribution in [0.5, 0.6) is 0 Å². The number of oxazole rings is 1. The summed E-state index contributed by atoms with van der Waals surface area (Å²) < 4.78 is 29.8. The molecule has 0 radical (unpaired) electrons. The summed E-state index contributed by atoms with van der Waals surface area (Å²) in [6.45, 7) is 2.94. The number of hydrogen-bond donors (Lipinski definition) is 4. The second-order valence-electron chi connectivity index (χ2n) is 8.05. The molecule has 0 aliphatic rings. The van der Waals surface area contributed by atoms with Crippen LogP contribution < -0.4 is 15.4 Å². The molecule has 0 bridgehead atoms. The molecular formula is C24H30N4O5S. The summed E-state index contributed by atoms with van der Waals surface area (Å²) in [6.07, 6.45) is 2.47. The van der Waals surface area contributed by atoms with Crippen molar-refractivity contribution in [3.8, 4) is 0 Å². The summed E-state index contributed by atoms with van der Waals surface area (Å²) in [6, 6.07) is 16.8. The van der Waals surface area contributed by atoms with Gasteiger partial charge in [0.15, 0.2) is 5.69 Å². The van der Waals surface area contributed by atoms with Crippen LogP contribution in [0.3, 0.4) is 0 Å². The Kier molecular flexibility index (Phi) is 8.80. The fourth-order valence-corrected chi connectivity index (χ4v) is 3.85. The molecule has 3 rings (SSSR count). The maximum absolute atomic E-state index is 12.8. The number of aromatic nitrogens is 1. The van der Waals surface area contributed by atoms with Crippen LogP contribution in [0.25, 0.3) is 0 Å². The zero-order chi connectivity index (χ0) is 24.6. The van der Waals surface area contributed by atoms with Crippen LogP contribution in [0.15, 0.2) is 65.3 Å². The van der Waals surface area contributed by atoms with Gasteiger partial charge in [0.05, 0.1) is 18.4 Å². The maximum Gasteiger partial charge on any atom is 0.309 e. The van der Waals surface area contributed by atoms with Crippen LogP contribution >= 0.6 is 0 Å². The Morgan fingerprint density at radius 3 is 2.50 bits per heavy atom. The van der Waals surface area contributed by atoms with Crippen molar-refractivity contribution in [1.29, 1.82) is 0 Å². The summed E-state index contributed by atoms with van der Waals surface area (Å²) in [5, 5.41) is 16.9. The highest BCUT2D eigenvalue weighted by atomic mass is 32.2. The lowest BCUT2D eigenvalue weighted by molar-refractivity contribution is 0.0825. The minimum atomic E-state index is -3.59. The van der Waals surface area contributed by atoms with E-state index in [1.807, 2.05) is 42.5 Å². The van der Waals surface area contributed by atoms with Gasteiger partial charge < -0.3 is 20.2 Å². The summed E-state index contributed by atoms with van der Waals surface area (Å²) >= 11 is 0. The van der Waals surface area contributed by atoms with Crippen LogP contribution in [0.4, 0.5) is 6.01 Å². The van der Waals surface area contributed by atoms with Gasteiger partial charge in [-0.2, -0.15) is 4.98 Å². The van der Waals surface area contributed by atoms with Crippen LogP contribution in [0.2, 0.25) is 0 Å². The molecule has 2 atom stereocenters. The van der Waals surface area contributed by atoms with Crippen molar-refractivity contribution in [3.05, 3.63) is 83.2 Å². The van der Waals surface area contributed by atoms with Crippen molar-refractivity contribution in [1.82, 2.24) is 15.6 Å². The third-order valence-corrected chi connectivity index (χ3v) is 5.72. The number of aliphatic hydroxyl groups is 1. The van der Waals surface area contributed by atoms with Gasteiger partial charge in [-0.25, -0.2) is 13.1 Å². The van der Waals surface area contributed by atoms with Gasteiger partial charge in [-0.15, -0.1) is 0 Å². The van der Waals surface area contributed by atoms with Gasteiger partial charge in [0.25, 0.3) is 5.91 Å². The number of nitrogens with one attached hydrogen (secondary N) is 3. The van der Waals surface area contributed by atoms with Crippen LogP contribution in [-0.4, -0.2) is 49.4 Å². The highest BCUT2D eigenvalue weighted by Gasteiger charge is 2.24. The molecule has 1 amide bonds. The van der Waals surface area contributed by atoms with E-state index in [0.717, 1.165) is 30.1 Å². The van der Waals surface area contributed by atoms with Gasteiger partial charge >= 0.3 is 6.01 Å². The van der Waals surface area contributed by atoms with Gasteiger partial charge in [-0.05, 0) is 29.5 Å². The average Bonchev–Trinajstić information content (AvgIpc) is 3.26. The first kappa shape index (κ1) is 25.4. The van der Waals surface area contributed by atoms with Crippen LogP contribution in [0, 0.1) is 0 Å². The molecule has 0 unspecified atom stereocenters. The summed E-state index contributed by atoms with van der Waals surface area (Å²) in [4.78, 5) is 16.6. The molecule has 1 aromatic heterocycles. The van der Waals surface area contributed by atoms with Crippen molar-refractivity contribution >= 4 is 21.9 Å². The van der Waals surface area contributed by atoms with E-state index in [2.05, 4.69) is 39.4 Å². The van der Waals surface area contributed by atoms with Crippen molar-refractivity contribution in [2.24, 2.45) is 0 Å². The highest BCUT2D eigenvalue weighted by Crippen LogP contribution is 2.12. The molecule has 0 aliphatic carbocycles. The first-order valence-electron chi connectivity index (χ1n) is 11.0. The first-order valence-corrected chi connectivity index (χ1v) is 12.9. The molecule has 4 N–H and O–H groups in total. The van der Waals surface area contributed by atoms with E-state index in [4.69, 9.17) is 4.42 Å². The third-order valence-electron chi connectivity index (χ3n) is 5.17. The minimum Gasteiger partial charge on any atom is -0.431 e. The second kappa shape index (κ2) is 11.8. The monoisotopic (exact) mass is 486 g/mol. The van der Waals surface area contributed by atoms with Crippen molar-refractivity contribution < 1.29 is 22.7 Å². The third kappa shape index (κ3) is 7.98. The number of amides is 1. The maximum atomic E-state index is 12.8. The topological polar surface area (TPSA) is 134 Å². The zero-order valence-electron chi connectivity index (χ0n) is 19.2. The number of benzene rings is 2. The number of hydrogen-bond acceptors (Lipinski definition) is 7. The predicted molar refractivity (Wildman–Crippen MR) is 130 cm³/mol. The quantitative estimate of drug-likeness (QED) is 0.308. The summed E-state index contributed by atoms with van der Waals surface area (Å²) in [5.74, 6) is -0.582. The molecule has 1 heterocycles. The van der Waals surface area contributed by atoms with Crippen molar-refractivity contribution in [2.45, 2.75) is 38.5 Å². The lowest BCUT2D eigenvalue weighted by Gasteiger charge is -2.24. The number of carbonyl (C=O) groups is 1. The molecule has 3 aromatic rings. The van der Waals surface area contributed by atoms with Gasteiger partial charge in [0.1, 0.15) is 6.26 Å². The molecule has 0 spiro atoms. The number of anilines is 1. The molecule has 0 saturated carbocycles. The standard InChI is InChI=1S/C24H30N4O5S/c1-3-17-10-7-11-19(12-17)14-25-15-22(29)20(13-18-8-5-4-6-9-18)26-23(30)21-16-33-24(27-21)28-34(2,31)32/h4-12,16,20,22,25,29H,3,13-15H2,1-2H3,(H,26,30)(H,27,28)/t20-,22+/m0/s1. The molecule has 2 aromatic carbocycles. The Hall–Kier alpha value is -3.21. The Morgan fingerprint density at radius 2 is 1.79 bits per heavy atom. The summed E-state index contributed by atoms with van der Waals surface area (Å²) in [7, 11) is -3.59. The lowest BCUT2D eigenvalue weighted by Crippen LogP contribution is -2.48. The number of carbonyl (C=O) groups excluding carboxylic acids is 1. The Labute approximate surface area is 199 Å². The predicted octanol–water partition coefficient (Wildman–Crippen LogP) is 2.10. The molecular weight excluding hydrogens is 456 g/mol. The van der Waals surface area contributed by atoms with Crippen molar-refractivity contribution in [2.75, 3.05) is 17.5 Å². The smallest absolute Gasteiger partial charge is 0.309 e. The van der Waals surface area contributed by atoms with E-state index in [1.54, 1.807) is 0 Å².